The normalized spacial score (nSPS) is 29.5. The fourth-order valence-corrected chi connectivity index (χ4v) is 1.82. The minimum absolute atomic E-state index is 0.0216. The molecule has 0 amide bonds. The highest BCUT2D eigenvalue weighted by atomic mass is 19.4. The largest absolute Gasteiger partial charge is 0.396 e. The van der Waals surface area contributed by atoms with Gasteiger partial charge in [0.15, 0.2) is 0 Å². The molecule has 2 atom stereocenters. The van der Waals surface area contributed by atoms with Crippen molar-refractivity contribution in [2.75, 3.05) is 13.2 Å². The molecule has 0 bridgehead atoms. The molecule has 78 valence electrons. The minimum Gasteiger partial charge on any atom is -0.396 e. The lowest BCUT2D eigenvalue weighted by Gasteiger charge is -2.19. The first-order valence-electron chi connectivity index (χ1n) is 4.44. The SMILES string of the molecule is OCCC1CCNC1CC(F)(F)F. The van der Waals surface area contributed by atoms with Crippen molar-refractivity contribution in [2.24, 2.45) is 5.92 Å². The quantitative estimate of drug-likeness (QED) is 0.714. The van der Waals surface area contributed by atoms with Crippen LogP contribution >= 0.6 is 0 Å². The van der Waals surface area contributed by atoms with Crippen molar-refractivity contribution in [1.82, 2.24) is 5.32 Å². The first kappa shape index (κ1) is 10.8. The number of alkyl halides is 3. The Morgan fingerprint density at radius 1 is 1.38 bits per heavy atom. The number of rotatable bonds is 3. The van der Waals surface area contributed by atoms with E-state index in [1.807, 2.05) is 0 Å². The third kappa shape index (κ3) is 3.52. The lowest BCUT2D eigenvalue weighted by molar-refractivity contribution is -0.141. The summed E-state index contributed by atoms with van der Waals surface area (Å²) in [6, 6.07) is -0.493. The summed E-state index contributed by atoms with van der Waals surface area (Å²) >= 11 is 0. The smallest absolute Gasteiger partial charge is 0.390 e. The average Bonchev–Trinajstić information content (AvgIpc) is 2.34. The van der Waals surface area contributed by atoms with Crippen molar-refractivity contribution in [3.8, 4) is 0 Å². The van der Waals surface area contributed by atoms with E-state index >= 15 is 0 Å². The van der Waals surface area contributed by atoms with Gasteiger partial charge in [-0.25, -0.2) is 0 Å². The fourth-order valence-electron chi connectivity index (χ4n) is 1.82. The van der Waals surface area contributed by atoms with Gasteiger partial charge in [0.25, 0.3) is 0 Å². The van der Waals surface area contributed by atoms with Gasteiger partial charge >= 0.3 is 6.18 Å². The van der Waals surface area contributed by atoms with Crippen LogP contribution in [0, 0.1) is 5.92 Å². The Morgan fingerprint density at radius 2 is 2.08 bits per heavy atom. The summed E-state index contributed by atoms with van der Waals surface area (Å²) in [5, 5.41) is 11.5. The molecule has 1 aliphatic rings. The van der Waals surface area contributed by atoms with Crippen LogP contribution in [0.5, 0.6) is 0 Å². The second-order valence-electron chi connectivity index (χ2n) is 3.44. The molecular formula is C8H14F3NO. The molecule has 1 rings (SSSR count). The molecular weight excluding hydrogens is 183 g/mol. The third-order valence-electron chi connectivity index (χ3n) is 2.44. The third-order valence-corrected chi connectivity index (χ3v) is 2.44. The Hall–Kier alpha value is -0.290. The van der Waals surface area contributed by atoms with E-state index in [1.54, 1.807) is 0 Å². The van der Waals surface area contributed by atoms with E-state index in [2.05, 4.69) is 5.32 Å². The van der Waals surface area contributed by atoms with Crippen LogP contribution in [-0.2, 0) is 0 Å². The van der Waals surface area contributed by atoms with Gasteiger partial charge in [-0.05, 0) is 25.3 Å². The number of nitrogens with one attached hydrogen (secondary N) is 1. The monoisotopic (exact) mass is 197 g/mol. The molecule has 2 N–H and O–H groups in total. The molecule has 0 aromatic carbocycles. The Bertz CT molecular complexity index is 160. The van der Waals surface area contributed by atoms with Gasteiger partial charge in [0, 0.05) is 12.6 Å². The van der Waals surface area contributed by atoms with Crippen LogP contribution < -0.4 is 5.32 Å². The molecule has 1 heterocycles. The summed E-state index contributed by atoms with van der Waals surface area (Å²) < 4.78 is 36.1. The molecule has 0 radical (unpaired) electrons. The molecule has 5 heteroatoms. The lowest BCUT2D eigenvalue weighted by Crippen LogP contribution is -2.32. The van der Waals surface area contributed by atoms with Crippen LogP contribution in [0.3, 0.4) is 0 Å². The van der Waals surface area contributed by atoms with Crippen LogP contribution in [0.4, 0.5) is 13.2 Å². The highest BCUT2D eigenvalue weighted by Crippen LogP contribution is 2.29. The molecule has 1 saturated heterocycles. The van der Waals surface area contributed by atoms with E-state index in [0.717, 1.165) is 6.42 Å². The summed E-state index contributed by atoms with van der Waals surface area (Å²) in [4.78, 5) is 0. The number of halogens is 3. The second-order valence-corrected chi connectivity index (χ2v) is 3.44. The van der Waals surface area contributed by atoms with E-state index in [1.165, 1.54) is 0 Å². The molecule has 13 heavy (non-hydrogen) atoms. The maximum atomic E-state index is 12.0. The van der Waals surface area contributed by atoms with Crippen LogP contribution in [-0.4, -0.2) is 30.5 Å². The Kier molecular flexibility index (Phi) is 3.55. The summed E-state index contributed by atoms with van der Waals surface area (Å²) in [6.07, 6.45) is -3.68. The van der Waals surface area contributed by atoms with Crippen molar-refractivity contribution < 1.29 is 18.3 Å². The maximum absolute atomic E-state index is 12.0. The van der Waals surface area contributed by atoms with Crippen molar-refractivity contribution in [1.29, 1.82) is 0 Å². The first-order chi connectivity index (χ1) is 6.03. The fraction of sp³-hybridized carbons (Fsp3) is 1.00. The average molecular weight is 197 g/mol. The summed E-state index contributed by atoms with van der Waals surface area (Å²) in [5.74, 6) is -0.0216. The Morgan fingerprint density at radius 3 is 2.62 bits per heavy atom. The van der Waals surface area contributed by atoms with Crippen molar-refractivity contribution in [3.63, 3.8) is 0 Å². The Labute approximate surface area is 75.1 Å². The van der Waals surface area contributed by atoms with Gasteiger partial charge in [0.1, 0.15) is 0 Å². The highest BCUT2D eigenvalue weighted by Gasteiger charge is 2.37. The zero-order valence-electron chi connectivity index (χ0n) is 7.27. The number of aliphatic hydroxyl groups is 1. The van der Waals surface area contributed by atoms with E-state index < -0.39 is 18.6 Å². The first-order valence-corrected chi connectivity index (χ1v) is 4.44. The van der Waals surface area contributed by atoms with E-state index in [0.29, 0.717) is 13.0 Å². The zero-order valence-corrected chi connectivity index (χ0v) is 7.27. The van der Waals surface area contributed by atoms with Gasteiger partial charge in [0.05, 0.1) is 6.42 Å². The van der Waals surface area contributed by atoms with E-state index in [-0.39, 0.29) is 12.5 Å². The highest BCUT2D eigenvalue weighted by molar-refractivity contribution is 4.85. The minimum atomic E-state index is -4.10. The Balaban J connectivity index is 2.39. The van der Waals surface area contributed by atoms with Crippen molar-refractivity contribution >= 4 is 0 Å². The van der Waals surface area contributed by atoms with Gasteiger partial charge in [-0.3, -0.25) is 0 Å². The van der Waals surface area contributed by atoms with Crippen LogP contribution in [0.15, 0.2) is 0 Å². The van der Waals surface area contributed by atoms with Gasteiger partial charge in [-0.15, -0.1) is 0 Å². The van der Waals surface area contributed by atoms with Gasteiger partial charge in [-0.2, -0.15) is 13.2 Å². The van der Waals surface area contributed by atoms with Crippen molar-refractivity contribution in [2.45, 2.75) is 31.5 Å². The number of hydrogen-bond donors (Lipinski definition) is 2. The molecule has 2 nitrogen and oxygen atoms in total. The van der Waals surface area contributed by atoms with Crippen LogP contribution in [0.1, 0.15) is 19.3 Å². The molecule has 0 aromatic rings. The lowest BCUT2D eigenvalue weighted by atomic mass is 9.95. The topological polar surface area (TPSA) is 32.3 Å². The predicted molar refractivity (Wildman–Crippen MR) is 42.3 cm³/mol. The van der Waals surface area contributed by atoms with E-state index in [4.69, 9.17) is 5.11 Å². The summed E-state index contributed by atoms with van der Waals surface area (Å²) in [5.41, 5.74) is 0. The molecule has 0 aliphatic carbocycles. The van der Waals surface area contributed by atoms with Gasteiger partial charge in [-0.1, -0.05) is 0 Å². The molecule has 0 spiro atoms. The van der Waals surface area contributed by atoms with E-state index in [9.17, 15) is 13.2 Å². The molecule has 2 unspecified atom stereocenters. The molecule has 1 fully saturated rings. The standard InChI is InChI=1S/C8H14F3NO/c9-8(10,11)5-7-6(2-4-13)1-3-12-7/h6-7,12-13H,1-5H2. The number of aliphatic hydroxyl groups excluding tert-OH is 1. The van der Waals surface area contributed by atoms with Crippen LogP contribution in [0.25, 0.3) is 0 Å². The van der Waals surface area contributed by atoms with Gasteiger partial charge in [0.2, 0.25) is 0 Å². The van der Waals surface area contributed by atoms with Gasteiger partial charge < -0.3 is 10.4 Å². The summed E-state index contributed by atoms with van der Waals surface area (Å²) in [6.45, 7) is 0.603. The predicted octanol–water partition coefficient (Wildman–Crippen LogP) is 1.30. The van der Waals surface area contributed by atoms with Crippen molar-refractivity contribution in [3.05, 3.63) is 0 Å². The summed E-state index contributed by atoms with van der Waals surface area (Å²) in [7, 11) is 0. The van der Waals surface area contributed by atoms with Crippen LogP contribution in [0.2, 0.25) is 0 Å². The zero-order chi connectivity index (χ0) is 9.90. The molecule has 1 aliphatic heterocycles. The second kappa shape index (κ2) is 4.28. The number of hydrogen-bond acceptors (Lipinski definition) is 2. The maximum Gasteiger partial charge on any atom is 0.390 e. The molecule has 0 aromatic heterocycles. The molecule has 0 saturated carbocycles.